The molecule has 0 aliphatic heterocycles. The number of aryl methyl sites for hydroxylation is 1. The fourth-order valence-electron chi connectivity index (χ4n) is 1.71. The van der Waals surface area contributed by atoms with E-state index in [9.17, 15) is 4.79 Å². The number of hydrogen-bond acceptors (Lipinski definition) is 3. The summed E-state index contributed by atoms with van der Waals surface area (Å²) in [5, 5.41) is 11.7. The number of nitrogens with one attached hydrogen (secondary N) is 1. The van der Waals surface area contributed by atoms with Gasteiger partial charge in [0.25, 0.3) is 0 Å². The van der Waals surface area contributed by atoms with Crippen LogP contribution in [0, 0.1) is 0 Å². The Balaban J connectivity index is 1.72. The Morgan fingerprint density at radius 3 is 2.85 bits per heavy atom. The van der Waals surface area contributed by atoms with Crippen LogP contribution >= 0.6 is 27.5 Å². The van der Waals surface area contributed by atoms with Gasteiger partial charge in [0.15, 0.2) is 0 Å². The first-order valence-corrected chi connectivity index (χ1v) is 7.38. The van der Waals surface area contributed by atoms with E-state index in [0.717, 1.165) is 10.9 Å². The zero-order valence-electron chi connectivity index (χ0n) is 11.0. The molecule has 0 aliphatic carbocycles. The van der Waals surface area contributed by atoms with Gasteiger partial charge in [0.2, 0.25) is 5.91 Å². The summed E-state index contributed by atoms with van der Waals surface area (Å²) < 4.78 is 4.22. The van der Waals surface area contributed by atoms with Crippen molar-refractivity contribution in [1.82, 2.24) is 24.9 Å². The van der Waals surface area contributed by atoms with E-state index in [0.29, 0.717) is 18.1 Å². The summed E-state index contributed by atoms with van der Waals surface area (Å²) in [6.07, 6.45) is 7.57. The largest absolute Gasteiger partial charge is 0.354 e. The molecule has 8 heteroatoms. The zero-order chi connectivity index (χ0) is 14.5. The van der Waals surface area contributed by atoms with E-state index < -0.39 is 0 Å². The number of carbonyl (C=O) groups is 1. The molecule has 1 unspecified atom stereocenters. The molecule has 6 nitrogen and oxygen atoms in total. The van der Waals surface area contributed by atoms with Crippen molar-refractivity contribution in [2.45, 2.75) is 25.9 Å². The highest BCUT2D eigenvalue weighted by Gasteiger charge is 2.14. The second-order valence-corrected chi connectivity index (χ2v) is 5.73. The molecule has 0 bridgehead atoms. The standard InChI is InChI=1S/C12H15BrClN5O/c1-9(19-7-10(13)5-17-19)12(20)15-3-2-4-18-8-11(14)6-16-18/h5-9H,2-4H2,1H3,(H,15,20). The average molecular weight is 361 g/mol. The Kier molecular flexibility index (Phi) is 5.19. The topological polar surface area (TPSA) is 64.7 Å². The summed E-state index contributed by atoms with van der Waals surface area (Å²) in [6, 6.07) is -0.333. The van der Waals surface area contributed by atoms with Crippen LogP contribution in [0.3, 0.4) is 0 Å². The molecule has 2 rings (SSSR count). The summed E-state index contributed by atoms with van der Waals surface area (Å²) in [4.78, 5) is 11.9. The summed E-state index contributed by atoms with van der Waals surface area (Å²) >= 11 is 9.07. The van der Waals surface area contributed by atoms with E-state index in [4.69, 9.17) is 11.6 Å². The van der Waals surface area contributed by atoms with E-state index in [1.165, 1.54) is 0 Å². The molecular weight excluding hydrogens is 346 g/mol. The maximum absolute atomic E-state index is 11.9. The zero-order valence-corrected chi connectivity index (χ0v) is 13.3. The number of rotatable bonds is 6. The van der Waals surface area contributed by atoms with Gasteiger partial charge in [0.1, 0.15) is 6.04 Å². The van der Waals surface area contributed by atoms with Gasteiger partial charge in [-0.05, 0) is 29.3 Å². The number of hydrogen-bond donors (Lipinski definition) is 1. The molecule has 0 saturated carbocycles. The van der Waals surface area contributed by atoms with E-state index in [2.05, 4.69) is 31.4 Å². The normalized spacial score (nSPS) is 12.3. The lowest BCUT2D eigenvalue weighted by molar-refractivity contribution is -0.124. The van der Waals surface area contributed by atoms with Crippen LogP contribution in [0.1, 0.15) is 19.4 Å². The van der Waals surface area contributed by atoms with Crippen molar-refractivity contribution in [2.75, 3.05) is 6.54 Å². The molecule has 0 aromatic carbocycles. The van der Waals surface area contributed by atoms with E-state index in [1.807, 2.05) is 6.92 Å². The monoisotopic (exact) mass is 359 g/mol. The highest BCUT2D eigenvalue weighted by atomic mass is 79.9. The molecule has 2 aromatic rings. The van der Waals surface area contributed by atoms with E-state index in [-0.39, 0.29) is 11.9 Å². The molecule has 20 heavy (non-hydrogen) atoms. The first kappa shape index (κ1) is 15.1. The fraction of sp³-hybridized carbons (Fsp3) is 0.417. The quantitative estimate of drug-likeness (QED) is 0.804. The number of nitrogens with zero attached hydrogens (tertiary/aromatic N) is 4. The van der Waals surface area contributed by atoms with Crippen molar-refractivity contribution in [2.24, 2.45) is 0 Å². The van der Waals surface area contributed by atoms with E-state index >= 15 is 0 Å². The van der Waals surface area contributed by atoms with Gasteiger partial charge in [-0.25, -0.2) is 0 Å². The molecule has 1 atom stereocenters. The molecule has 108 valence electrons. The van der Waals surface area contributed by atoms with Crippen molar-refractivity contribution in [3.05, 3.63) is 34.3 Å². The number of carbonyl (C=O) groups excluding carboxylic acids is 1. The molecule has 0 spiro atoms. The average Bonchev–Trinajstić information content (AvgIpc) is 3.02. The second-order valence-electron chi connectivity index (χ2n) is 4.38. The SMILES string of the molecule is CC(C(=O)NCCCn1cc(Cl)cn1)n1cc(Br)cn1. The van der Waals surface area contributed by atoms with Crippen molar-refractivity contribution in [3.8, 4) is 0 Å². The van der Waals surface area contributed by atoms with Gasteiger partial charge in [-0.3, -0.25) is 14.2 Å². The molecule has 0 saturated heterocycles. The Bertz CT molecular complexity index is 582. The molecule has 0 fully saturated rings. The lowest BCUT2D eigenvalue weighted by Gasteiger charge is -2.12. The predicted molar refractivity (Wildman–Crippen MR) is 79.5 cm³/mol. The van der Waals surface area contributed by atoms with Gasteiger partial charge < -0.3 is 5.32 Å². The van der Waals surface area contributed by atoms with Gasteiger partial charge in [-0.2, -0.15) is 10.2 Å². The van der Waals surface area contributed by atoms with Gasteiger partial charge >= 0.3 is 0 Å². The van der Waals surface area contributed by atoms with Crippen LogP contribution in [0.25, 0.3) is 0 Å². The minimum atomic E-state index is -0.333. The van der Waals surface area contributed by atoms with E-state index in [1.54, 1.807) is 34.2 Å². The maximum Gasteiger partial charge on any atom is 0.244 e. The Labute approximate surface area is 130 Å². The molecule has 1 N–H and O–H groups in total. The molecule has 0 radical (unpaired) electrons. The smallest absolute Gasteiger partial charge is 0.244 e. The van der Waals surface area contributed by atoms with Crippen LogP contribution in [0.2, 0.25) is 5.02 Å². The summed E-state index contributed by atoms with van der Waals surface area (Å²) in [7, 11) is 0. The van der Waals surface area contributed by atoms with Gasteiger partial charge in [0.05, 0.1) is 21.9 Å². The van der Waals surface area contributed by atoms with Crippen LogP contribution in [-0.4, -0.2) is 32.0 Å². The first-order valence-electron chi connectivity index (χ1n) is 6.21. The van der Waals surface area contributed by atoms with Crippen LogP contribution in [0.15, 0.2) is 29.3 Å². The summed E-state index contributed by atoms with van der Waals surface area (Å²) in [5.74, 6) is -0.0564. The van der Waals surface area contributed by atoms with Crippen molar-refractivity contribution in [1.29, 1.82) is 0 Å². The van der Waals surface area contributed by atoms with Crippen LogP contribution in [0.4, 0.5) is 0 Å². The minimum Gasteiger partial charge on any atom is -0.354 e. The highest BCUT2D eigenvalue weighted by Crippen LogP contribution is 2.11. The highest BCUT2D eigenvalue weighted by molar-refractivity contribution is 9.10. The lowest BCUT2D eigenvalue weighted by atomic mass is 10.3. The van der Waals surface area contributed by atoms with Crippen LogP contribution in [0.5, 0.6) is 0 Å². The maximum atomic E-state index is 11.9. The van der Waals surface area contributed by atoms with Crippen molar-refractivity contribution >= 4 is 33.4 Å². The van der Waals surface area contributed by atoms with Crippen LogP contribution in [-0.2, 0) is 11.3 Å². The van der Waals surface area contributed by atoms with Crippen molar-refractivity contribution < 1.29 is 4.79 Å². The number of halogens is 2. The molecule has 2 aromatic heterocycles. The van der Waals surface area contributed by atoms with Gasteiger partial charge in [0, 0.05) is 25.5 Å². The molecule has 1 amide bonds. The third kappa shape index (κ3) is 4.08. The molecular formula is C12H15BrClN5O. The van der Waals surface area contributed by atoms with Gasteiger partial charge in [-0.1, -0.05) is 11.6 Å². The fourth-order valence-corrected chi connectivity index (χ4v) is 2.17. The lowest BCUT2D eigenvalue weighted by Crippen LogP contribution is -2.32. The summed E-state index contributed by atoms with van der Waals surface area (Å²) in [5.41, 5.74) is 0. The Hall–Kier alpha value is -1.34. The Morgan fingerprint density at radius 2 is 2.25 bits per heavy atom. The predicted octanol–water partition coefficient (Wildman–Crippen LogP) is 2.26. The second kappa shape index (κ2) is 6.90. The third-order valence-electron chi connectivity index (χ3n) is 2.81. The van der Waals surface area contributed by atoms with Gasteiger partial charge in [-0.15, -0.1) is 0 Å². The Morgan fingerprint density at radius 1 is 1.45 bits per heavy atom. The molecule has 2 heterocycles. The van der Waals surface area contributed by atoms with Crippen LogP contribution < -0.4 is 5.32 Å². The number of amides is 1. The van der Waals surface area contributed by atoms with Crippen molar-refractivity contribution in [3.63, 3.8) is 0 Å². The molecule has 0 aliphatic rings. The minimum absolute atomic E-state index is 0.0564. The third-order valence-corrected chi connectivity index (χ3v) is 3.42. The summed E-state index contributed by atoms with van der Waals surface area (Å²) in [6.45, 7) is 3.11. The number of aromatic nitrogens is 4. The first-order chi connectivity index (χ1) is 9.56.